The van der Waals surface area contributed by atoms with Crippen LogP contribution in [0.5, 0.6) is 11.5 Å². The van der Waals surface area contributed by atoms with Crippen LogP contribution in [-0.2, 0) is 21.9 Å². The number of thioether (sulfide) groups is 1. The summed E-state index contributed by atoms with van der Waals surface area (Å²) in [6.45, 7) is 3.07. The van der Waals surface area contributed by atoms with Gasteiger partial charge in [-0.3, -0.25) is 14.5 Å². The van der Waals surface area contributed by atoms with Gasteiger partial charge in [-0.1, -0.05) is 109 Å². The molecule has 2 heterocycles. The number of rotatable bonds is 13. The third kappa shape index (κ3) is 7.56. The molecular formula is C37H33N3O5S2. The molecule has 1 aliphatic heterocycles. The van der Waals surface area contributed by atoms with E-state index in [1.807, 2.05) is 60.7 Å². The number of benzene rings is 4. The smallest absolute Gasteiger partial charge is 0.301 e. The fourth-order valence-corrected chi connectivity index (χ4v) is 6.93. The van der Waals surface area contributed by atoms with E-state index >= 15 is 0 Å². The zero-order chi connectivity index (χ0) is 32.6. The van der Waals surface area contributed by atoms with Crippen LogP contribution in [0.15, 0.2) is 119 Å². The van der Waals surface area contributed by atoms with Crippen LogP contribution in [0.2, 0.25) is 0 Å². The van der Waals surface area contributed by atoms with Gasteiger partial charge in [0, 0.05) is 11.3 Å². The molecule has 1 N–H and O–H groups in total. The normalized spacial score (nSPS) is 15.6. The average molecular weight is 664 g/mol. The van der Waals surface area contributed by atoms with Crippen molar-refractivity contribution in [2.24, 2.45) is 0 Å². The van der Waals surface area contributed by atoms with Crippen molar-refractivity contribution in [1.82, 2.24) is 10.2 Å². The highest BCUT2D eigenvalue weighted by molar-refractivity contribution is 8.00. The summed E-state index contributed by atoms with van der Waals surface area (Å²) in [7, 11) is 0. The van der Waals surface area contributed by atoms with Crippen molar-refractivity contribution in [2.75, 3.05) is 11.5 Å². The summed E-state index contributed by atoms with van der Waals surface area (Å²) in [5, 5.41) is 20.5. The van der Waals surface area contributed by atoms with Gasteiger partial charge >= 0.3 is 5.91 Å². The third-order valence-corrected chi connectivity index (χ3v) is 9.72. The van der Waals surface area contributed by atoms with Crippen LogP contribution in [0.3, 0.4) is 0 Å². The van der Waals surface area contributed by atoms with Crippen LogP contribution in [-0.4, -0.2) is 33.6 Å². The van der Waals surface area contributed by atoms with E-state index in [0.717, 1.165) is 24.0 Å². The molecule has 5 aromatic rings. The summed E-state index contributed by atoms with van der Waals surface area (Å²) >= 11 is 2.73. The first-order valence-electron chi connectivity index (χ1n) is 15.3. The van der Waals surface area contributed by atoms with Gasteiger partial charge in [0.2, 0.25) is 5.13 Å². The van der Waals surface area contributed by atoms with Crippen LogP contribution in [0.25, 0.3) is 5.76 Å². The minimum absolute atomic E-state index is 0.0266. The molecule has 0 aliphatic carbocycles. The Labute approximate surface area is 281 Å². The first kappa shape index (κ1) is 32.0. The maximum Gasteiger partial charge on any atom is 0.301 e. The molecule has 0 spiro atoms. The molecule has 0 radical (unpaired) electrons. The lowest BCUT2D eigenvalue weighted by molar-refractivity contribution is -0.132. The Kier molecular flexibility index (Phi) is 10.3. The quantitative estimate of drug-likeness (QED) is 0.0336. The summed E-state index contributed by atoms with van der Waals surface area (Å²) in [5.41, 5.74) is 3.15. The van der Waals surface area contributed by atoms with Crippen molar-refractivity contribution >= 4 is 45.7 Å². The summed E-state index contributed by atoms with van der Waals surface area (Å²) in [4.78, 5) is 28.7. The van der Waals surface area contributed by atoms with Gasteiger partial charge in [-0.05, 0) is 59.5 Å². The number of ether oxygens (including phenoxy) is 2. The molecule has 6 rings (SSSR count). The molecule has 238 valence electrons. The highest BCUT2D eigenvalue weighted by Crippen LogP contribution is 2.44. The van der Waals surface area contributed by atoms with Crippen molar-refractivity contribution in [3.8, 4) is 11.5 Å². The highest BCUT2D eigenvalue weighted by atomic mass is 32.2. The number of anilines is 1. The van der Waals surface area contributed by atoms with Gasteiger partial charge in [0.25, 0.3) is 5.78 Å². The number of unbranched alkanes of at least 4 members (excludes halogenated alkanes) is 1. The van der Waals surface area contributed by atoms with Crippen LogP contribution in [0.4, 0.5) is 5.13 Å². The summed E-state index contributed by atoms with van der Waals surface area (Å²) < 4.78 is 12.4. The topological polar surface area (TPSA) is 102 Å². The first-order valence-corrected chi connectivity index (χ1v) is 17.1. The molecular weight excluding hydrogens is 631 g/mol. The van der Waals surface area contributed by atoms with E-state index in [9.17, 15) is 14.7 Å². The van der Waals surface area contributed by atoms with Gasteiger partial charge in [0.1, 0.15) is 23.9 Å². The van der Waals surface area contributed by atoms with Crippen LogP contribution < -0.4 is 14.4 Å². The Hall–Kier alpha value is -4.93. The van der Waals surface area contributed by atoms with Crippen LogP contribution >= 0.6 is 23.1 Å². The minimum atomic E-state index is -0.932. The monoisotopic (exact) mass is 663 g/mol. The zero-order valence-electron chi connectivity index (χ0n) is 25.7. The molecule has 8 nitrogen and oxygen atoms in total. The van der Waals surface area contributed by atoms with Crippen molar-refractivity contribution in [2.45, 2.75) is 42.5 Å². The number of aliphatic hydroxyl groups excluding tert-OH is 1. The van der Waals surface area contributed by atoms with Gasteiger partial charge in [0.15, 0.2) is 4.34 Å². The van der Waals surface area contributed by atoms with E-state index in [4.69, 9.17) is 9.47 Å². The maximum absolute atomic E-state index is 13.7. The summed E-state index contributed by atoms with van der Waals surface area (Å²) in [6, 6.07) is 32.9. The van der Waals surface area contributed by atoms with Gasteiger partial charge in [0.05, 0.1) is 18.2 Å². The predicted molar refractivity (Wildman–Crippen MR) is 185 cm³/mol. The largest absolute Gasteiger partial charge is 0.507 e. The lowest BCUT2D eigenvalue weighted by atomic mass is 9.95. The number of nitrogens with zero attached hydrogens (tertiary/aromatic N) is 3. The highest BCUT2D eigenvalue weighted by Gasteiger charge is 2.48. The average Bonchev–Trinajstić information content (AvgIpc) is 3.69. The SMILES string of the molecule is CCCCOc1ccc(/C(O)=C2/C(=O)C(=O)N(c3nnc(SCc4ccccc4)s3)C2c2ccc(OCc3ccccc3)cc2)cc1. The molecule has 1 unspecified atom stereocenters. The van der Waals surface area contributed by atoms with Gasteiger partial charge < -0.3 is 14.6 Å². The molecule has 0 bridgehead atoms. The van der Waals surface area contributed by atoms with E-state index in [-0.39, 0.29) is 16.5 Å². The molecule has 4 aromatic carbocycles. The van der Waals surface area contributed by atoms with Gasteiger partial charge in [-0.15, -0.1) is 10.2 Å². The standard InChI is InChI=1S/C37H33N3O5S2/c1-2-3-22-44-29-20-16-28(17-21-29)33(41)31-32(27-14-18-30(19-15-27)45-23-25-10-6-4-7-11-25)40(35(43)34(31)42)36-38-39-37(47-36)46-24-26-12-8-5-9-13-26/h4-21,32,41H,2-3,22-24H2,1H3/b33-31-. The van der Waals surface area contributed by atoms with Crippen molar-refractivity contribution in [3.63, 3.8) is 0 Å². The van der Waals surface area contributed by atoms with E-state index in [2.05, 4.69) is 17.1 Å². The van der Waals surface area contributed by atoms with Crippen molar-refractivity contribution in [1.29, 1.82) is 0 Å². The number of aliphatic hydroxyl groups is 1. The van der Waals surface area contributed by atoms with E-state index in [1.165, 1.54) is 28.0 Å². The summed E-state index contributed by atoms with van der Waals surface area (Å²) in [5.74, 6) is 0.116. The Balaban J connectivity index is 1.32. The van der Waals surface area contributed by atoms with E-state index in [1.54, 1.807) is 48.5 Å². The molecule has 1 aromatic heterocycles. The molecule has 0 saturated carbocycles. The van der Waals surface area contributed by atoms with Crippen LogP contribution in [0, 0.1) is 0 Å². The van der Waals surface area contributed by atoms with Crippen LogP contribution in [0.1, 0.15) is 48.1 Å². The second kappa shape index (κ2) is 15.1. The third-order valence-electron chi connectivity index (χ3n) is 7.59. The number of aromatic nitrogens is 2. The number of carbonyl (C=O) groups is 2. The second-order valence-electron chi connectivity index (χ2n) is 10.9. The fourth-order valence-electron chi connectivity index (χ4n) is 5.11. The maximum atomic E-state index is 13.7. The Morgan fingerprint density at radius 3 is 2.15 bits per heavy atom. The number of amides is 1. The van der Waals surface area contributed by atoms with E-state index < -0.39 is 17.7 Å². The van der Waals surface area contributed by atoms with Crippen molar-refractivity contribution < 1.29 is 24.2 Å². The Morgan fingerprint density at radius 1 is 0.830 bits per heavy atom. The lowest BCUT2D eigenvalue weighted by Crippen LogP contribution is -2.29. The zero-order valence-corrected chi connectivity index (χ0v) is 27.4. The molecule has 47 heavy (non-hydrogen) atoms. The number of Topliss-reactive ketones (excluding diaryl/α,β-unsaturated/α-hetero) is 1. The fraction of sp³-hybridized carbons (Fsp3) is 0.189. The molecule has 10 heteroatoms. The molecule has 1 aliphatic rings. The molecule has 1 amide bonds. The molecule has 1 fully saturated rings. The summed E-state index contributed by atoms with van der Waals surface area (Å²) in [6.07, 6.45) is 1.94. The molecule has 1 atom stereocenters. The van der Waals surface area contributed by atoms with Gasteiger partial charge in [-0.25, -0.2) is 0 Å². The number of hydrogen-bond acceptors (Lipinski definition) is 9. The Bertz CT molecular complexity index is 1840. The minimum Gasteiger partial charge on any atom is -0.507 e. The lowest BCUT2D eigenvalue weighted by Gasteiger charge is -2.22. The molecule has 1 saturated heterocycles. The van der Waals surface area contributed by atoms with E-state index in [0.29, 0.717) is 45.9 Å². The number of hydrogen-bond donors (Lipinski definition) is 1. The number of carbonyl (C=O) groups excluding carboxylic acids is 2. The Morgan fingerprint density at radius 2 is 1.47 bits per heavy atom. The number of ketones is 1. The second-order valence-corrected chi connectivity index (χ2v) is 13.0. The van der Waals surface area contributed by atoms with Gasteiger partial charge in [-0.2, -0.15) is 0 Å². The van der Waals surface area contributed by atoms with Crippen molar-refractivity contribution in [3.05, 3.63) is 137 Å². The first-order chi connectivity index (χ1) is 23.0. The predicted octanol–water partition coefficient (Wildman–Crippen LogP) is 8.21.